The van der Waals surface area contributed by atoms with Crippen molar-refractivity contribution in [1.82, 2.24) is 14.5 Å². The molecule has 2 heterocycles. The average molecular weight is 490 g/mol. The van der Waals surface area contributed by atoms with E-state index in [4.69, 9.17) is 9.90 Å². The van der Waals surface area contributed by atoms with Gasteiger partial charge in [0.05, 0.1) is 11.2 Å². The number of aliphatic hydroxyl groups excluding tert-OH is 1. The first-order valence-corrected chi connectivity index (χ1v) is 12.6. The second-order valence-electron chi connectivity index (χ2n) is 7.34. The number of aromatic nitrogens is 3. The van der Waals surface area contributed by atoms with E-state index in [-0.39, 0.29) is 6.61 Å². The van der Waals surface area contributed by atoms with Crippen molar-refractivity contribution in [3.8, 4) is 16.9 Å². The van der Waals surface area contributed by atoms with Crippen LogP contribution in [0.3, 0.4) is 0 Å². The molecule has 0 fully saturated rings. The summed E-state index contributed by atoms with van der Waals surface area (Å²) in [7, 11) is 0. The van der Waals surface area contributed by atoms with E-state index in [9.17, 15) is 0 Å². The number of nitrogens with zero attached hydrogens (tertiary/aromatic N) is 3. The largest absolute Gasteiger partial charge is 0.397 e. The van der Waals surface area contributed by atoms with Gasteiger partial charge in [-0.3, -0.25) is 0 Å². The van der Waals surface area contributed by atoms with Gasteiger partial charge in [-0.05, 0) is 63.4 Å². The third kappa shape index (κ3) is 10.4. The van der Waals surface area contributed by atoms with Crippen LogP contribution in [0.1, 0.15) is 58.8 Å². The molecule has 1 N–H and O–H groups in total. The van der Waals surface area contributed by atoms with Crippen LogP contribution in [-0.4, -0.2) is 33.0 Å². The molecule has 0 saturated carbocycles. The SMILES string of the molecule is C=O.CC.CC/C=C\CC.CCO.Cc1nccc(-c2cccc(-n3cc(C)c4ccccc43)c2)n1. The molecule has 0 radical (unpaired) electrons. The summed E-state index contributed by atoms with van der Waals surface area (Å²) < 4.78 is 2.24. The molecule has 0 bridgehead atoms. The lowest BCUT2D eigenvalue weighted by atomic mass is 10.1. The van der Waals surface area contributed by atoms with E-state index < -0.39 is 0 Å². The molecular weight excluding hydrogens is 446 g/mol. The number of allylic oxidation sites excluding steroid dienone is 2. The molecule has 36 heavy (non-hydrogen) atoms. The number of rotatable bonds is 4. The van der Waals surface area contributed by atoms with Crippen molar-refractivity contribution in [2.75, 3.05) is 6.61 Å². The zero-order chi connectivity index (χ0) is 27.3. The molecule has 0 unspecified atom stereocenters. The molecule has 5 heteroatoms. The summed E-state index contributed by atoms with van der Waals surface area (Å²) in [6.45, 7) is 16.3. The minimum atomic E-state index is 0.250. The number of hydrogen-bond donors (Lipinski definition) is 1. The summed E-state index contributed by atoms with van der Waals surface area (Å²) in [5.74, 6) is 0.787. The molecule has 4 aromatic rings. The molecule has 2 aromatic carbocycles. The van der Waals surface area contributed by atoms with Gasteiger partial charge in [0, 0.05) is 35.6 Å². The van der Waals surface area contributed by atoms with Crippen LogP contribution in [0.4, 0.5) is 0 Å². The Balaban J connectivity index is 0.000000800. The van der Waals surface area contributed by atoms with Crippen LogP contribution < -0.4 is 0 Å². The number of benzene rings is 2. The van der Waals surface area contributed by atoms with Crippen molar-refractivity contribution >= 4 is 17.7 Å². The average Bonchev–Trinajstić information content (AvgIpc) is 3.27. The van der Waals surface area contributed by atoms with Gasteiger partial charge in [-0.2, -0.15) is 0 Å². The predicted octanol–water partition coefficient (Wildman–Crippen LogP) is 7.91. The lowest BCUT2D eigenvalue weighted by Gasteiger charge is -2.08. The van der Waals surface area contributed by atoms with E-state index in [1.807, 2.05) is 33.6 Å². The number of aryl methyl sites for hydroxylation is 2. The smallest absolute Gasteiger partial charge is 0.125 e. The Morgan fingerprint density at radius 1 is 0.917 bits per heavy atom. The molecule has 0 amide bonds. The van der Waals surface area contributed by atoms with Gasteiger partial charge in [0.25, 0.3) is 0 Å². The third-order valence-electron chi connectivity index (χ3n) is 4.75. The highest BCUT2D eigenvalue weighted by molar-refractivity contribution is 5.85. The molecule has 0 aliphatic heterocycles. The first kappa shape index (κ1) is 32.4. The number of fused-ring (bicyclic) bond motifs is 1. The van der Waals surface area contributed by atoms with E-state index in [0.29, 0.717) is 0 Å². The Hall–Kier alpha value is -3.57. The van der Waals surface area contributed by atoms with E-state index in [1.54, 1.807) is 13.1 Å². The molecule has 4 rings (SSSR count). The van der Waals surface area contributed by atoms with Crippen molar-refractivity contribution < 1.29 is 9.90 Å². The fourth-order valence-electron chi connectivity index (χ4n) is 3.33. The Morgan fingerprint density at radius 3 is 2.11 bits per heavy atom. The van der Waals surface area contributed by atoms with Gasteiger partial charge in [-0.25, -0.2) is 9.97 Å². The number of hydrogen-bond acceptors (Lipinski definition) is 4. The summed E-state index contributed by atoms with van der Waals surface area (Å²) in [5.41, 5.74) is 5.70. The lowest BCUT2D eigenvalue weighted by Crippen LogP contribution is -1.94. The minimum Gasteiger partial charge on any atom is -0.397 e. The molecule has 2 aromatic heterocycles. The van der Waals surface area contributed by atoms with Crippen molar-refractivity contribution in [2.24, 2.45) is 0 Å². The maximum atomic E-state index is 8.00. The van der Waals surface area contributed by atoms with Gasteiger partial charge < -0.3 is 14.5 Å². The molecule has 0 aliphatic carbocycles. The van der Waals surface area contributed by atoms with Crippen LogP contribution in [0.2, 0.25) is 0 Å². The molecule has 0 atom stereocenters. The van der Waals surface area contributed by atoms with Gasteiger partial charge in [0.1, 0.15) is 12.6 Å². The first-order chi connectivity index (χ1) is 17.5. The summed E-state index contributed by atoms with van der Waals surface area (Å²) in [4.78, 5) is 16.7. The summed E-state index contributed by atoms with van der Waals surface area (Å²) in [6, 6.07) is 18.9. The number of aliphatic hydroxyl groups is 1. The fourth-order valence-corrected chi connectivity index (χ4v) is 3.33. The highest BCUT2D eigenvalue weighted by Gasteiger charge is 2.08. The van der Waals surface area contributed by atoms with Crippen molar-refractivity contribution in [2.45, 2.75) is 61.3 Å². The van der Waals surface area contributed by atoms with Crippen molar-refractivity contribution in [1.29, 1.82) is 0 Å². The van der Waals surface area contributed by atoms with E-state index in [1.165, 1.54) is 29.3 Å². The normalized spacial score (nSPS) is 9.56. The Morgan fingerprint density at radius 2 is 1.53 bits per heavy atom. The topological polar surface area (TPSA) is 68.0 Å². The molecule has 194 valence electrons. The van der Waals surface area contributed by atoms with Gasteiger partial charge in [-0.15, -0.1) is 0 Å². The van der Waals surface area contributed by atoms with Crippen LogP contribution in [-0.2, 0) is 4.79 Å². The maximum Gasteiger partial charge on any atom is 0.125 e. The van der Waals surface area contributed by atoms with Gasteiger partial charge in [0.2, 0.25) is 0 Å². The second kappa shape index (κ2) is 19.7. The van der Waals surface area contributed by atoms with E-state index >= 15 is 0 Å². The highest BCUT2D eigenvalue weighted by atomic mass is 16.2. The maximum absolute atomic E-state index is 8.00. The quantitative estimate of drug-likeness (QED) is 0.296. The van der Waals surface area contributed by atoms with Crippen molar-refractivity contribution in [3.05, 3.63) is 90.5 Å². The number of para-hydroxylation sites is 1. The van der Waals surface area contributed by atoms with E-state index in [2.05, 4.69) is 102 Å². The summed E-state index contributed by atoms with van der Waals surface area (Å²) in [5, 5.41) is 8.86. The molecular formula is C31H43N3O2. The second-order valence-corrected chi connectivity index (χ2v) is 7.34. The monoisotopic (exact) mass is 489 g/mol. The van der Waals surface area contributed by atoms with E-state index in [0.717, 1.165) is 22.8 Å². The highest BCUT2D eigenvalue weighted by Crippen LogP contribution is 2.26. The molecule has 0 saturated heterocycles. The standard InChI is InChI=1S/C20H17N3.C6H12.C2H6O.C2H6.CH2O/c1-14-13-23(20-9-4-3-8-18(14)20)17-7-5-6-16(12-17)19-10-11-21-15(2)22-19;1-3-5-6-4-2;1-2-3;2*1-2/h3-13H,1-2H3;5-6H,3-4H2,1-2H3;3H,2H2,1H3;1-2H3;1H2/b;6-5-;;;. The zero-order valence-electron chi connectivity index (χ0n) is 23.0. The summed E-state index contributed by atoms with van der Waals surface area (Å²) >= 11 is 0. The van der Waals surface area contributed by atoms with Crippen LogP contribution in [0.15, 0.2) is 79.1 Å². The van der Waals surface area contributed by atoms with Gasteiger partial charge >= 0.3 is 0 Å². The number of carbonyl (C=O) groups excluding carboxylic acids is 1. The third-order valence-corrected chi connectivity index (χ3v) is 4.75. The van der Waals surface area contributed by atoms with Crippen LogP contribution >= 0.6 is 0 Å². The summed E-state index contributed by atoms with van der Waals surface area (Å²) in [6.07, 6.45) is 10.7. The van der Waals surface area contributed by atoms with Crippen molar-refractivity contribution in [3.63, 3.8) is 0 Å². The Kier molecular flexibility index (Phi) is 17.8. The fraction of sp³-hybridized carbons (Fsp3) is 0.323. The first-order valence-electron chi connectivity index (χ1n) is 12.6. The van der Waals surface area contributed by atoms with Crippen LogP contribution in [0.5, 0.6) is 0 Å². The predicted molar refractivity (Wildman–Crippen MR) is 155 cm³/mol. The Bertz CT molecular complexity index is 1140. The minimum absolute atomic E-state index is 0.250. The van der Waals surface area contributed by atoms with Crippen LogP contribution in [0, 0.1) is 13.8 Å². The van der Waals surface area contributed by atoms with Crippen LogP contribution in [0.25, 0.3) is 27.8 Å². The Labute approximate surface area is 217 Å². The lowest BCUT2D eigenvalue weighted by molar-refractivity contribution is -0.0980. The molecule has 0 spiro atoms. The number of carbonyl (C=O) groups is 1. The molecule has 5 nitrogen and oxygen atoms in total. The van der Waals surface area contributed by atoms with Gasteiger partial charge in [0.15, 0.2) is 0 Å². The molecule has 0 aliphatic rings. The zero-order valence-corrected chi connectivity index (χ0v) is 23.0. The van der Waals surface area contributed by atoms with Gasteiger partial charge in [-0.1, -0.05) is 70.2 Å².